The monoisotopic (exact) mass is 441 g/mol. The first-order valence-electron chi connectivity index (χ1n) is 11.6. The number of carbonyl (C=O) groups is 2. The van der Waals surface area contributed by atoms with Gasteiger partial charge in [0, 0.05) is 31.7 Å². The maximum Gasteiger partial charge on any atom is 0.253 e. The normalized spacial score (nSPS) is 13.3. The lowest BCUT2D eigenvalue weighted by Gasteiger charge is -2.19. The second-order valence-electron chi connectivity index (χ2n) is 8.67. The summed E-state index contributed by atoms with van der Waals surface area (Å²) < 4.78 is 0. The number of nitrogens with zero attached hydrogens (tertiary/aromatic N) is 2. The summed E-state index contributed by atoms with van der Waals surface area (Å²) in [6.07, 6.45) is 2.17. The van der Waals surface area contributed by atoms with E-state index in [4.69, 9.17) is 0 Å². The van der Waals surface area contributed by atoms with Gasteiger partial charge >= 0.3 is 0 Å². The Balaban J connectivity index is 1.28. The molecule has 0 radical (unpaired) electrons. The standard InChI is InChI=1S/C28H31N3O2/c1-30(20-25-11-5-6-12-26(25)23-9-3-2-4-10-23)21-27(32)29-19-22-13-15-24(16-14-22)28(33)31-17-7-8-18-31/h2-6,9-16H,7-8,17-21H2,1H3,(H,29,32). The summed E-state index contributed by atoms with van der Waals surface area (Å²) in [7, 11) is 1.96. The molecule has 3 aromatic rings. The highest BCUT2D eigenvalue weighted by Gasteiger charge is 2.19. The van der Waals surface area contributed by atoms with Gasteiger partial charge in [0.1, 0.15) is 0 Å². The Morgan fingerprint density at radius 2 is 1.55 bits per heavy atom. The molecule has 0 spiro atoms. The molecule has 1 aliphatic rings. The van der Waals surface area contributed by atoms with E-state index in [1.807, 2.05) is 71.4 Å². The van der Waals surface area contributed by atoms with Gasteiger partial charge in [-0.1, -0.05) is 66.7 Å². The predicted molar refractivity (Wildman–Crippen MR) is 132 cm³/mol. The van der Waals surface area contributed by atoms with E-state index in [9.17, 15) is 9.59 Å². The summed E-state index contributed by atoms with van der Waals surface area (Å²) in [5.41, 5.74) is 5.26. The molecule has 170 valence electrons. The number of amides is 2. The smallest absolute Gasteiger partial charge is 0.253 e. The molecule has 1 aliphatic heterocycles. The highest BCUT2D eigenvalue weighted by Crippen LogP contribution is 2.24. The van der Waals surface area contributed by atoms with E-state index in [1.54, 1.807) is 0 Å². The van der Waals surface area contributed by atoms with Crippen molar-refractivity contribution in [3.63, 3.8) is 0 Å². The molecule has 1 fully saturated rings. The van der Waals surface area contributed by atoms with Gasteiger partial charge in [-0.05, 0) is 54.3 Å². The van der Waals surface area contributed by atoms with Gasteiger partial charge in [0.2, 0.25) is 5.91 Å². The molecule has 1 N–H and O–H groups in total. The van der Waals surface area contributed by atoms with Crippen molar-refractivity contribution in [1.29, 1.82) is 0 Å². The highest BCUT2D eigenvalue weighted by molar-refractivity contribution is 5.94. The quantitative estimate of drug-likeness (QED) is 0.566. The molecule has 0 unspecified atom stereocenters. The number of likely N-dealkylation sites (tertiary alicyclic amines) is 1. The topological polar surface area (TPSA) is 52.7 Å². The molecule has 0 aromatic heterocycles. The van der Waals surface area contributed by atoms with Crippen LogP contribution in [0.25, 0.3) is 11.1 Å². The van der Waals surface area contributed by atoms with E-state index in [2.05, 4.69) is 29.6 Å². The second-order valence-corrected chi connectivity index (χ2v) is 8.67. The van der Waals surface area contributed by atoms with Gasteiger partial charge in [-0.15, -0.1) is 0 Å². The first kappa shape index (κ1) is 22.7. The lowest BCUT2D eigenvalue weighted by Crippen LogP contribution is -2.34. The van der Waals surface area contributed by atoms with Gasteiger partial charge in [0.15, 0.2) is 0 Å². The molecular weight excluding hydrogens is 410 g/mol. The molecule has 0 saturated carbocycles. The van der Waals surface area contributed by atoms with Crippen LogP contribution < -0.4 is 5.32 Å². The SMILES string of the molecule is CN(CC(=O)NCc1ccc(C(=O)N2CCCC2)cc1)Cc1ccccc1-c1ccccc1. The molecule has 5 nitrogen and oxygen atoms in total. The molecule has 4 rings (SSSR count). The lowest BCUT2D eigenvalue weighted by molar-refractivity contribution is -0.122. The molecule has 0 bridgehead atoms. The number of benzene rings is 3. The average molecular weight is 442 g/mol. The van der Waals surface area contributed by atoms with Crippen LogP contribution in [-0.4, -0.2) is 48.3 Å². The molecule has 5 heteroatoms. The van der Waals surface area contributed by atoms with Crippen LogP contribution in [0.2, 0.25) is 0 Å². The van der Waals surface area contributed by atoms with Gasteiger partial charge in [-0.25, -0.2) is 0 Å². The third-order valence-corrected chi connectivity index (χ3v) is 6.04. The van der Waals surface area contributed by atoms with Crippen molar-refractivity contribution >= 4 is 11.8 Å². The Morgan fingerprint density at radius 1 is 0.879 bits per heavy atom. The Bertz CT molecular complexity index is 1070. The van der Waals surface area contributed by atoms with Crippen molar-refractivity contribution in [2.24, 2.45) is 0 Å². The van der Waals surface area contributed by atoms with Crippen LogP contribution in [0.5, 0.6) is 0 Å². The zero-order valence-electron chi connectivity index (χ0n) is 19.2. The van der Waals surface area contributed by atoms with Crippen LogP contribution in [0.1, 0.15) is 34.3 Å². The zero-order valence-corrected chi connectivity index (χ0v) is 19.2. The molecule has 1 heterocycles. The third-order valence-electron chi connectivity index (χ3n) is 6.04. The maximum atomic E-state index is 12.5. The Hall–Kier alpha value is -3.44. The Labute approximate surface area is 196 Å². The number of hydrogen-bond donors (Lipinski definition) is 1. The van der Waals surface area contributed by atoms with Crippen LogP contribution in [0.15, 0.2) is 78.9 Å². The van der Waals surface area contributed by atoms with E-state index >= 15 is 0 Å². The number of likely N-dealkylation sites (N-methyl/N-ethyl adjacent to an activating group) is 1. The molecule has 33 heavy (non-hydrogen) atoms. The summed E-state index contributed by atoms with van der Waals surface area (Å²) in [6, 6.07) is 26.2. The van der Waals surface area contributed by atoms with E-state index < -0.39 is 0 Å². The van der Waals surface area contributed by atoms with Crippen LogP contribution in [0, 0.1) is 0 Å². The summed E-state index contributed by atoms with van der Waals surface area (Å²) in [6.45, 7) is 3.14. The Morgan fingerprint density at radius 3 is 2.27 bits per heavy atom. The molecule has 2 amide bonds. The summed E-state index contributed by atoms with van der Waals surface area (Å²) in [5, 5.41) is 2.99. The second kappa shape index (κ2) is 10.9. The van der Waals surface area contributed by atoms with Gasteiger partial charge in [0.05, 0.1) is 6.54 Å². The van der Waals surface area contributed by atoms with Gasteiger partial charge < -0.3 is 10.2 Å². The van der Waals surface area contributed by atoms with Gasteiger partial charge in [0.25, 0.3) is 5.91 Å². The van der Waals surface area contributed by atoms with Crippen LogP contribution >= 0.6 is 0 Å². The minimum absolute atomic E-state index is 0.0214. The Kier molecular flexibility index (Phi) is 7.53. The van der Waals surface area contributed by atoms with Gasteiger partial charge in [-0.2, -0.15) is 0 Å². The lowest BCUT2D eigenvalue weighted by atomic mass is 9.99. The number of hydrogen-bond acceptors (Lipinski definition) is 3. The molecule has 1 saturated heterocycles. The average Bonchev–Trinajstić information content (AvgIpc) is 3.38. The number of carbonyl (C=O) groups excluding carboxylic acids is 2. The molecular formula is C28H31N3O2. The van der Waals surface area contributed by atoms with Crippen molar-refractivity contribution in [1.82, 2.24) is 15.1 Å². The first-order valence-corrected chi connectivity index (χ1v) is 11.6. The first-order chi connectivity index (χ1) is 16.1. The van der Waals surface area contributed by atoms with E-state index in [0.29, 0.717) is 25.2 Å². The van der Waals surface area contributed by atoms with Crippen molar-refractivity contribution < 1.29 is 9.59 Å². The van der Waals surface area contributed by atoms with Crippen LogP contribution in [0.3, 0.4) is 0 Å². The van der Waals surface area contributed by atoms with Crippen LogP contribution in [0.4, 0.5) is 0 Å². The fourth-order valence-electron chi connectivity index (χ4n) is 4.27. The van der Waals surface area contributed by atoms with Gasteiger partial charge in [-0.3, -0.25) is 14.5 Å². The van der Waals surface area contributed by atoms with Crippen molar-refractivity contribution in [3.8, 4) is 11.1 Å². The summed E-state index contributed by atoms with van der Waals surface area (Å²) >= 11 is 0. The fraction of sp³-hybridized carbons (Fsp3) is 0.286. The summed E-state index contributed by atoms with van der Waals surface area (Å²) in [4.78, 5) is 28.9. The van der Waals surface area contributed by atoms with E-state index in [0.717, 1.165) is 31.5 Å². The van der Waals surface area contributed by atoms with Crippen LogP contribution in [-0.2, 0) is 17.9 Å². The zero-order chi connectivity index (χ0) is 23.0. The van der Waals surface area contributed by atoms with E-state index in [1.165, 1.54) is 16.7 Å². The van der Waals surface area contributed by atoms with Crippen molar-refractivity contribution in [2.75, 3.05) is 26.7 Å². The molecule has 0 aliphatic carbocycles. The third kappa shape index (κ3) is 6.08. The number of rotatable bonds is 8. The minimum atomic E-state index is -0.0214. The largest absolute Gasteiger partial charge is 0.351 e. The fourth-order valence-corrected chi connectivity index (χ4v) is 4.27. The molecule has 3 aromatic carbocycles. The van der Waals surface area contributed by atoms with E-state index in [-0.39, 0.29) is 11.8 Å². The minimum Gasteiger partial charge on any atom is -0.351 e. The van der Waals surface area contributed by atoms with Crippen molar-refractivity contribution in [2.45, 2.75) is 25.9 Å². The highest BCUT2D eigenvalue weighted by atomic mass is 16.2. The number of nitrogens with one attached hydrogen (secondary N) is 1. The van der Waals surface area contributed by atoms with Crippen molar-refractivity contribution in [3.05, 3.63) is 95.6 Å². The predicted octanol–water partition coefficient (Wildman–Crippen LogP) is 4.34. The summed E-state index contributed by atoms with van der Waals surface area (Å²) in [5.74, 6) is 0.0763. The maximum absolute atomic E-state index is 12.5. The molecule has 0 atom stereocenters.